The van der Waals surface area contributed by atoms with Crippen molar-refractivity contribution < 1.29 is 50.5 Å². The fourth-order valence-corrected chi connectivity index (χ4v) is 3.30. The van der Waals surface area contributed by atoms with E-state index in [-0.39, 0.29) is 30.3 Å². The van der Waals surface area contributed by atoms with E-state index < -0.39 is 30.2 Å². The molecule has 0 aromatic heterocycles. The Labute approximate surface area is 155 Å². The van der Waals surface area contributed by atoms with E-state index in [9.17, 15) is 31.1 Å². The molecule has 13 heteroatoms. The van der Waals surface area contributed by atoms with Gasteiger partial charge in [0.25, 0.3) is 5.91 Å². The third kappa shape index (κ3) is 5.70. The van der Waals surface area contributed by atoms with Crippen LogP contribution in [-0.2, 0) is 19.1 Å². The predicted molar refractivity (Wildman–Crippen MR) is 79.9 cm³/mol. The first-order valence-corrected chi connectivity index (χ1v) is 8.43. The third-order valence-electron chi connectivity index (χ3n) is 5.08. The van der Waals surface area contributed by atoms with Crippen molar-refractivity contribution in [2.45, 2.75) is 74.3 Å². The first-order chi connectivity index (χ1) is 12.6. The van der Waals surface area contributed by atoms with Crippen LogP contribution in [-0.4, -0.2) is 59.4 Å². The maximum absolute atomic E-state index is 12.3. The fourth-order valence-electron chi connectivity index (χ4n) is 3.30. The highest BCUT2D eigenvalue weighted by molar-refractivity contribution is 5.86. The van der Waals surface area contributed by atoms with Crippen LogP contribution in [0.5, 0.6) is 0 Å². The van der Waals surface area contributed by atoms with E-state index in [4.69, 9.17) is 20.4 Å². The number of carboxylic acid groups (broad SMARTS) is 1. The molecule has 0 aromatic carbocycles. The van der Waals surface area contributed by atoms with Crippen molar-refractivity contribution in [1.82, 2.24) is 5.32 Å². The summed E-state index contributed by atoms with van der Waals surface area (Å²) in [6.45, 7) is 0.366. The van der Waals surface area contributed by atoms with Gasteiger partial charge in [-0.2, -0.15) is 13.2 Å². The number of amides is 1. The van der Waals surface area contributed by atoms with Crippen molar-refractivity contribution in [3.05, 3.63) is 0 Å². The van der Waals surface area contributed by atoms with E-state index in [2.05, 4.69) is 10.1 Å². The number of nitrogens with two attached hydrogens (primary N) is 1. The lowest BCUT2D eigenvalue weighted by Gasteiger charge is -2.51. The topological polar surface area (TPSA) is 111 Å². The second kappa shape index (κ2) is 7.67. The van der Waals surface area contributed by atoms with Crippen LogP contribution in [0.4, 0.5) is 26.3 Å². The highest BCUT2D eigenvalue weighted by Gasteiger charge is 2.53. The van der Waals surface area contributed by atoms with Crippen molar-refractivity contribution in [3.8, 4) is 0 Å². The molecule has 4 N–H and O–H groups in total. The predicted octanol–water partition coefficient (Wildman–Crippen LogP) is 1.84. The highest BCUT2D eigenvalue weighted by atomic mass is 19.4. The highest BCUT2D eigenvalue weighted by Crippen LogP contribution is 2.43. The Bertz CT molecular complexity index is 578. The Balaban J connectivity index is 0.000000345. The van der Waals surface area contributed by atoms with E-state index in [0.717, 1.165) is 12.8 Å². The minimum atomic E-state index is -5.08. The lowest BCUT2D eigenvalue weighted by atomic mass is 9.71. The molecule has 2 heterocycles. The number of carboxylic acids is 1. The quantitative estimate of drug-likeness (QED) is 0.599. The number of carbonyl (C=O) groups is 2. The molecule has 7 nitrogen and oxygen atoms in total. The number of rotatable bonds is 3. The number of hydrogen-bond acceptors (Lipinski definition) is 5. The van der Waals surface area contributed by atoms with E-state index in [1.165, 1.54) is 0 Å². The van der Waals surface area contributed by atoms with E-state index >= 15 is 0 Å². The molecule has 1 amide bonds. The monoisotopic (exact) mass is 422 g/mol. The van der Waals surface area contributed by atoms with Crippen LogP contribution in [0.2, 0.25) is 0 Å². The Hall–Kier alpha value is -1.60. The largest absolute Gasteiger partial charge is 0.522 e. The van der Waals surface area contributed by atoms with Gasteiger partial charge in [0.15, 0.2) is 0 Å². The standard InChI is InChI=1S/C13H19F3N2O3.C2HF3O2/c14-13(15,16)21-9-5-8(6-9)18-10(19)12-3-1-11(17,2-4-12)7-20-12;3-2(4,5)1(6)7/h8-9H,1-7,17H2,(H,18,19);(H,6,7). The van der Waals surface area contributed by atoms with Crippen LogP contribution in [0.1, 0.15) is 38.5 Å². The molecule has 2 bridgehead atoms. The second-order valence-corrected chi connectivity index (χ2v) is 7.28. The zero-order valence-corrected chi connectivity index (χ0v) is 14.5. The Morgan fingerprint density at radius 3 is 1.93 bits per heavy atom. The summed E-state index contributed by atoms with van der Waals surface area (Å²) >= 11 is 0. The number of nitrogens with one attached hydrogen (secondary N) is 1. The molecule has 2 saturated carbocycles. The SMILES string of the molecule is NC12CCC(C(=O)NC3CC(OC(F)(F)F)C3)(CC1)OC2.O=C(O)C(F)(F)F. The van der Waals surface area contributed by atoms with Crippen LogP contribution in [0.3, 0.4) is 0 Å². The number of hydrogen-bond donors (Lipinski definition) is 3. The van der Waals surface area contributed by atoms with Gasteiger partial charge >= 0.3 is 18.5 Å². The smallest absolute Gasteiger partial charge is 0.475 e. The lowest BCUT2D eigenvalue weighted by molar-refractivity contribution is -0.351. The normalized spacial score (nSPS) is 34.7. The van der Waals surface area contributed by atoms with Gasteiger partial charge in [-0.1, -0.05) is 0 Å². The zero-order valence-electron chi connectivity index (χ0n) is 14.5. The summed E-state index contributed by atoms with van der Waals surface area (Å²) in [6, 6.07) is -0.269. The Morgan fingerprint density at radius 1 is 1.07 bits per heavy atom. The molecule has 4 fully saturated rings. The maximum Gasteiger partial charge on any atom is 0.522 e. The van der Waals surface area contributed by atoms with Gasteiger partial charge in [-0.15, -0.1) is 13.2 Å². The summed E-state index contributed by atoms with van der Waals surface area (Å²) in [5.74, 6) is -2.98. The van der Waals surface area contributed by atoms with Crippen LogP contribution >= 0.6 is 0 Å². The molecule has 28 heavy (non-hydrogen) atoms. The van der Waals surface area contributed by atoms with Crippen LogP contribution in [0, 0.1) is 0 Å². The molecule has 0 atom stereocenters. The molecule has 2 saturated heterocycles. The van der Waals surface area contributed by atoms with Crippen LogP contribution in [0.25, 0.3) is 0 Å². The molecule has 162 valence electrons. The molecule has 2 aliphatic heterocycles. The second-order valence-electron chi connectivity index (χ2n) is 7.28. The Morgan fingerprint density at radius 2 is 1.57 bits per heavy atom. The first-order valence-electron chi connectivity index (χ1n) is 8.43. The molecular weight excluding hydrogens is 402 g/mol. The third-order valence-corrected chi connectivity index (χ3v) is 5.08. The van der Waals surface area contributed by atoms with E-state index in [0.29, 0.717) is 19.4 Å². The van der Waals surface area contributed by atoms with Gasteiger partial charge in [0.05, 0.1) is 12.7 Å². The summed E-state index contributed by atoms with van der Waals surface area (Å²) < 4.78 is 77.4. The summed E-state index contributed by atoms with van der Waals surface area (Å²) in [7, 11) is 0. The molecule has 0 spiro atoms. The number of halogens is 6. The first kappa shape index (κ1) is 22.7. The number of fused-ring (bicyclic) bond motifs is 3. The number of alkyl halides is 6. The summed E-state index contributed by atoms with van der Waals surface area (Å²) in [5, 5.41) is 9.90. The Kier molecular flexibility index (Phi) is 6.22. The van der Waals surface area contributed by atoms with Crippen LogP contribution < -0.4 is 11.1 Å². The van der Waals surface area contributed by atoms with Crippen molar-refractivity contribution in [2.24, 2.45) is 5.73 Å². The lowest BCUT2D eigenvalue weighted by Crippen LogP contribution is -2.66. The molecule has 4 rings (SSSR count). The summed E-state index contributed by atoms with van der Waals surface area (Å²) in [6.07, 6.45) is -7.56. The van der Waals surface area contributed by atoms with Gasteiger partial charge in [-0.25, -0.2) is 4.79 Å². The average Bonchev–Trinajstić information content (AvgIpc) is 2.52. The van der Waals surface area contributed by atoms with Gasteiger partial charge < -0.3 is 20.9 Å². The van der Waals surface area contributed by atoms with Gasteiger partial charge in [0.1, 0.15) is 5.60 Å². The van der Waals surface area contributed by atoms with Gasteiger partial charge in [0, 0.05) is 11.6 Å². The van der Waals surface area contributed by atoms with Crippen molar-refractivity contribution in [2.75, 3.05) is 6.61 Å². The minimum absolute atomic E-state index is 0.183. The van der Waals surface area contributed by atoms with Crippen molar-refractivity contribution >= 4 is 11.9 Å². The minimum Gasteiger partial charge on any atom is -0.475 e. The summed E-state index contributed by atoms with van der Waals surface area (Å²) in [5.41, 5.74) is 4.94. The van der Waals surface area contributed by atoms with Gasteiger partial charge in [0.2, 0.25) is 0 Å². The molecule has 2 aliphatic carbocycles. The zero-order chi connectivity index (χ0) is 21.4. The van der Waals surface area contributed by atoms with E-state index in [1.807, 2.05) is 0 Å². The summed E-state index contributed by atoms with van der Waals surface area (Å²) in [4.78, 5) is 21.2. The van der Waals surface area contributed by atoms with Crippen molar-refractivity contribution in [3.63, 3.8) is 0 Å². The average molecular weight is 422 g/mol. The maximum atomic E-state index is 12.3. The van der Waals surface area contributed by atoms with Crippen LogP contribution in [0.15, 0.2) is 0 Å². The molecule has 0 aromatic rings. The molecule has 0 unspecified atom stereocenters. The number of aliphatic carboxylic acids is 1. The number of ether oxygens (including phenoxy) is 2. The fraction of sp³-hybridized carbons (Fsp3) is 0.867. The van der Waals surface area contributed by atoms with E-state index in [1.54, 1.807) is 0 Å². The van der Waals surface area contributed by atoms with Crippen molar-refractivity contribution in [1.29, 1.82) is 0 Å². The number of carbonyl (C=O) groups excluding carboxylic acids is 1. The molecular formula is C15H20F6N2O5. The van der Waals surface area contributed by atoms with Gasteiger partial charge in [-0.05, 0) is 38.5 Å². The molecule has 4 aliphatic rings. The molecule has 0 radical (unpaired) electrons. The van der Waals surface area contributed by atoms with Gasteiger partial charge in [-0.3, -0.25) is 9.53 Å².